The average molecular weight is 382 g/mol. The Hall–Kier alpha value is -1.71. The van der Waals surface area contributed by atoms with Crippen molar-refractivity contribution in [3.63, 3.8) is 0 Å². The second-order valence-corrected chi connectivity index (χ2v) is 5.78. The van der Waals surface area contributed by atoms with Gasteiger partial charge in [0.15, 0.2) is 0 Å². The topological polar surface area (TPSA) is 53.8 Å². The number of nitrogens with zero attached hydrogens (tertiary/aromatic N) is 2. The van der Waals surface area contributed by atoms with E-state index >= 15 is 0 Å². The maximum Gasteiger partial charge on any atom is 0.0722 e. The van der Waals surface area contributed by atoms with Crippen LogP contribution in [0.4, 0.5) is 0 Å². The zero-order chi connectivity index (χ0) is 21.4. The first-order valence-electron chi connectivity index (χ1n) is 10.7. The molecule has 1 N–H and O–H groups in total. The van der Waals surface area contributed by atoms with Crippen LogP contribution in [-0.2, 0) is 0 Å². The van der Waals surface area contributed by atoms with Crippen molar-refractivity contribution in [3.8, 4) is 0 Å². The molecule has 160 valence electrons. The summed E-state index contributed by atoms with van der Waals surface area (Å²) in [5.74, 6) is 0. The van der Waals surface area contributed by atoms with E-state index in [-0.39, 0.29) is 0 Å². The molecule has 0 atom stereocenters. The number of hydrazone groups is 1. The SMILES string of the molecule is CCC/C=C/C/C=C/C=C/C=N/NN=O.CCCC.CCCC.CCCC. The third-order valence-corrected chi connectivity index (χ3v) is 3.01. The molecule has 0 aromatic heterocycles. The fourth-order valence-electron chi connectivity index (χ4n) is 0.830. The maximum absolute atomic E-state index is 9.54. The fourth-order valence-corrected chi connectivity index (χ4v) is 0.830. The van der Waals surface area contributed by atoms with Gasteiger partial charge < -0.3 is 0 Å². The summed E-state index contributed by atoms with van der Waals surface area (Å²) in [6.07, 6.45) is 24.5. The molecule has 0 radical (unpaired) electrons. The lowest BCUT2D eigenvalue weighted by atomic mass is 10.2. The number of hydrogen-bond acceptors (Lipinski definition) is 3. The van der Waals surface area contributed by atoms with Gasteiger partial charge >= 0.3 is 0 Å². The molecule has 0 saturated heterocycles. The highest BCUT2D eigenvalue weighted by Gasteiger charge is 1.72. The van der Waals surface area contributed by atoms with Gasteiger partial charge in [-0.1, -0.05) is 124 Å². The van der Waals surface area contributed by atoms with Gasteiger partial charge in [-0.2, -0.15) is 10.6 Å². The molecule has 0 spiro atoms. The van der Waals surface area contributed by atoms with Crippen LogP contribution in [0.1, 0.15) is 106 Å². The van der Waals surface area contributed by atoms with Gasteiger partial charge in [0.25, 0.3) is 0 Å². The van der Waals surface area contributed by atoms with Crippen molar-refractivity contribution in [2.75, 3.05) is 0 Å². The summed E-state index contributed by atoms with van der Waals surface area (Å²) in [5.41, 5.74) is 1.93. The summed E-state index contributed by atoms with van der Waals surface area (Å²) in [7, 11) is 0. The lowest BCUT2D eigenvalue weighted by Gasteiger charge is -1.82. The third kappa shape index (κ3) is 68.3. The van der Waals surface area contributed by atoms with Crippen LogP contribution in [0, 0.1) is 4.91 Å². The number of nitroso groups, excluding NO2 is 1. The van der Waals surface area contributed by atoms with Gasteiger partial charge in [-0.25, -0.2) is 0 Å². The first kappa shape index (κ1) is 32.9. The maximum atomic E-state index is 9.54. The van der Waals surface area contributed by atoms with Gasteiger partial charge in [0, 0.05) is 6.21 Å². The van der Waals surface area contributed by atoms with Crippen molar-refractivity contribution in [1.29, 1.82) is 0 Å². The van der Waals surface area contributed by atoms with Crippen molar-refractivity contribution in [2.45, 2.75) is 106 Å². The molecule has 4 heteroatoms. The second kappa shape index (κ2) is 44.1. The Morgan fingerprint density at radius 2 is 1.15 bits per heavy atom. The number of hydrogen-bond donors (Lipinski definition) is 1. The standard InChI is InChI=1S/C11H17N3O.3C4H10/c1-2-3-4-5-6-7-8-9-10-11-12-13-14-15;3*1-3-4-2/h4-5,7-11H,2-3,6H2,1H3,(H,13,15);3*3-4H2,1-2H3/b5-4+,8-7+,10-9+,12-11+;;;. The molecular formula is C23H47N3O. The first-order chi connectivity index (χ1) is 13.2. The highest BCUT2D eigenvalue weighted by atomic mass is 16.3. The van der Waals surface area contributed by atoms with E-state index in [9.17, 15) is 4.91 Å². The van der Waals surface area contributed by atoms with Crippen molar-refractivity contribution >= 4 is 6.21 Å². The van der Waals surface area contributed by atoms with Crippen LogP contribution in [0.5, 0.6) is 0 Å². The van der Waals surface area contributed by atoms with Crippen LogP contribution in [0.3, 0.4) is 0 Å². The Labute approximate surface area is 170 Å². The number of allylic oxidation sites excluding steroid dienone is 6. The Bertz CT molecular complexity index is 319. The molecule has 0 heterocycles. The van der Waals surface area contributed by atoms with Gasteiger partial charge in [-0.15, -0.1) is 4.91 Å². The Kier molecular flexibility index (Phi) is 53.7. The summed E-state index contributed by atoms with van der Waals surface area (Å²) >= 11 is 0. The van der Waals surface area contributed by atoms with E-state index in [1.807, 2.05) is 23.8 Å². The molecule has 0 aliphatic heterocycles. The zero-order valence-corrected chi connectivity index (χ0v) is 19.2. The quantitative estimate of drug-likeness (QED) is 0.128. The van der Waals surface area contributed by atoms with E-state index in [0.717, 1.165) is 12.8 Å². The molecule has 0 fully saturated rings. The van der Waals surface area contributed by atoms with E-state index in [2.05, 4.69) is 71.0 Å². The normalized spacial score (nSPS) is 10.2. The second-order valence-electron chi connectivity index (χ2n) is 5.78. The lowest BCUT2D eigenvalue weighted by molar-refractivity contribution is 0.804. The molecule has 0 aromatic carbocycles. The molecule has 0 aromatic rings. The number of nitrogens with one attached hydrogen (secondary N) is 1. The molecular weight excluding hydrogens is 334 g/mol. The molecule has 27 heavy (non-hydrogen) atoms. The summed E-state index contributed by atoms with van der Waals surface area (Å²) in [6.45, 7) is 15.2. The highest BCUT2D eigenvalue weighted by Crippen LogP contribution is 1.92. The summed E-state index contributed by atoms with van der Waals surface area (Å²) in [5, 5.41) is 5.81. The molecule has 0 unspecified atom stereocenters. The van der Waals surface area contributed by atoms with Gasteiger partial charge in [0.05, 0.1) is 5.29 Å². The zero-order valence-electron chi connectivity index (χ0n) is 19.2. The summed E-state index contributed by atoms with van der Waals surface area (Å²) < 4.78 is 0. The molecule has 0 saturated carbocycles. The average Bonchev–Trinajstić information content (AvgIpc) is 2.72. The van der Waals surface area contributed by atoms with E-state index in [1.165, 1.54) is 51.2 Å². The Morgan fingerprint density at radius 3 is 1.56 bits per heavy atom. The van der Waals surface area contributed by atoms with E-state index in [4.69, 9.17) is 0 Å². The monoisotopic (exact) mass is 381 g/mol. The van der Waals surface area contributed by atoms with Gasteiger partial charge in [0.1, 0.15) is 0 Å². The van der Waals surface area contributed by atoms with E-state index < -0.39 is 0 Å². The molecule has 0 rings (SSSR count). The van der Waals surface area contributed by atoms with Crippen molar-refractivity contribution in [1.82, 2.24) is 5.53 Å². The van der Waals surface area contributed by atoms with Gasteiger partial charge in [-0.05, 0) is 18.9 Å². The fraction of sp³-hybridized carbons (Fsp3) is 0.696. The lowest BCUT2D eigenvalue weighted by Crippen LogP contribution is -1.89. The molecule has 0 amide bonds. The van der Waals surface area contributed by atoms with Crippen LogP contribution in [0.2, 0.25) is 0 Å². The first-order valence-corrected chi connectivity index (χ1v) is 10.7. The predicted octanol–water partition coefficient (Wildman–Crippen LogP) is 8.52. The summed E-state index contributed by atoms with van der Waals surface area (Å²) in [4.78, 5) is 9.54. The molecule has 0 bridgehead atoms. The number of unbranched alkanes of at least 4 members (excludes halogenated alkanes) is 4. The number of rotatable bonds is 11. The van der Waals surface area contributed by atoms with Gasteiger partial charge in [-0.3, -0.25) is 0 Å². The van der Waals surface area contributed by atoms with E-state index in [0.29, 0.717) is 0 Å². The molecule has 0 aliphatic carbocycles. The minimum Gasteiger partial charge on any atom is -0.164 e. The Morgan fingerprint density at radius 1 is 0.630 bits per heavy atom. The molecule has 4 nitrogen and oxygen atoms in total. The predicted molar refractivity (Wildman–Crippen MR) is 126 cm³/mol. The van der Waals surface area contributed by atoms with Crippen LogP contribution >= 0.6 is 0 Å². The van der Waals surface area contributed by atoms with Crippen LogP contribution in [0.15, 0.2) is 46.8 Å². The smallest absolute Gasteiger partial charge is 0.0722 e. The minimum atomic E-state index is 0.940. The van der Waals surface area contributed by atoms with Crippen molar-refractivity contribution in [3.05, 3.63) is 41.4 Å². The third-order valence-electron chi connectivity index (χ3n) is 3.01. The Balaban J connectivity index is -0.000000179. The largest absolute Gasteiger partial charge is 0.164 e. The van der Waals surface area contributed by atoms with Crippen molar-refractivity contribution < 1.29 is 0 Å². The van der Waals surface area contributed by atoms with Crippen molar-refractivity contribution in [2.24, 2.45) is 10.4 Å². The van der Waals surface area contributed by atoms with Crippen LogP contribution < -0.4 is 5.53 Å². The van der Waals surface area contributed by atoms with Crippen LogP contribution in [-0.4, -0.2) is 6.21 Å². The van der Waals surface area contributed by atoms with Crippen LogP contribution in [0.25, 0.3) is 0 Å². The highest BCUT2D eigenvalue weighted by molar-refractivity contribution is 5.71. The minimum absolute atomic E-state index is 0.940. The molecule has 0 aliphatic rings. The van der Waals surface area contributed by atoms with E-state index in [1.54, 1.807) is 6.08 Å². The van der Waals surface area contributed by atoms with Gasteiger partial charge in [0.2, 0.25) is 0 Å². The summed E-state index contributed by atoms with van der Waals surface area (Å²) in [6, 6.07) is 0.